The van der Waals surface area contributed by atoms with Crippen LogP contribution in [-0.2, 0) is 0 Å². The summed E-state index contributed by atoms with van der Waals surface area (Å²) in [5.74, 6) is 1.60. The summed E-state index contributed by atoms with van der Waals surface area (Å²) in [5, 5.41) is 0. The van der Waals surface area contributed by atoms with Gasteiger partial charge in [-0.3, -0.25) is 0 Å². The van der Waals surface area contributed by atoms with Crippen molar-refractivity contribution in [2.24, 2.45) is 11.3 Å². The minimum atomic E-state index is 0.474. The lowest BCUT2D eigenvalue weighted by Gasteiger charge is -2.44. The van der Waals surface area contributed by atoms with Gasteiger partial charge in [0, 0.05) is 0 Å². The van der Waals surface area contributed by atoms with E-state index in [1.54, 1.807) is 0 Å². The van der Waals surface area contributed by atoms with Gasteiger partial charge < -0.3 is 0 Å². The summed E-state index contributed by atoms with van der Waals surface area (Å²) < 4.78 is 0. The number of rotatable bonds is 4. The zero-order valence-electron chi connectivity index (χ0n) is 12.3. The fraction of sp³-hybridized carbons (Fsp3) is 0.667. The van der Waals surface area contributed by atoms with Gasteiger partial charge in [-0.2, -0.15) is 0 Å². The van der Waals surface area contributed by atoms with E-state index in [-0.39, 0.29) is 0 Å². The third-order valence-corrected chi connectivity index (χ3v) is 5.59. The molecule has 1 aliphatic carbocycles. The summed E-state index contributed by atoms with van der Waals surface area (Å²) in [6, 6.07) is 11.1. The standard InChI is InChI=1S/C18H28/c1-4-18(3,17-13-9-6-10-14-17)15(2)16-11-7-5-8-12-16/h5,7-8,11-12,15,17H,4,6,9-10,13-14H2,1-3H3. The Balaban J connectivity index is 2.20. The minimum Gasteiger partial charge on any atom is -0.0648 e. The minimum absolute atomic E-state index is 0.474. The smallest absolute Gasteiger partial charge is 0.0134 e. The largest absolute Gasteiger partial charge is 0.0648 e. The average Bonchev–Trinajstić information content (AvgIpc) is 2.47. The third kappa shape index (κ3) is 2.63. The van der Waals surface area contributed by atoms with Gasteiger partial charge in [0.25, 0.3) is 0 Å². The highest BCUT2D eigenvalue weighted by molar-refractivity contribution is 5.21. The molecule has 0 heteroatoms. The molecule has 1 aromatic rings. The van der Waals surface area contributed by atoms with E-state index in [9.17, 15) is 0 Å². The van der Waals surface area contributed by atoms with E-state index >= 15 is 0 Å². The molecular weight excluding hydrogens is 216 g/mol. The second-order valence-electron chi connectivity index (χ2n) is 6.33. The van der Waals surface area contributed by atoms with Gasteiger partial charge in [-0.25, -0.2) is 0 Å². The van der Waals surface area contributed by atoms with Gasteiger partial charge in [0.2, 0.25) is 0 Å². The van der Waals surface area contributed by atoms with Crippen molar-refractivity contribution in [1.29, 1.82) is 0 Å². The van der Waals surface area contributed by atoms with E-state index < -0.39 is 0 Å². The lowest BCUT2D eigenvalue weighted by Crippen LogP contribution is -2.33. The predicted octanol–water partition coefficient (Wildman–Crippen LogP) is 5.79. The lowest BCUT2D eigenvalue weighted by molar-refractivity contribution is 0.102. The summed E-state index contributed by atoms with van der Waals surface area (Å²) in [5.41, 5.74) is 1.99. The van der Waals surface area contributed by atoms with Crippen LogP contribution < -0.4 is 0 Å². The van der Waals surface area contributed by atoms with E-state index in [1.807, 2.05) is 0 Å². The van der Waals surface area contributed by atoms with E-state index in [0.29, 0.717) is 11.3 Å². The van der Waals surface area contributed by atoms with Crippen LogP contribution >= 0.6 is 0 Å². The van der Waals surface area contributed by atoms with E-state index in [0.717, 1.165) is 5.92 Å². The molecule has 1 aliphatic rings. The first-order valence-electron chi connectivity index (χ1n) is 7.73. The van der Waals surface area contributed by atoms with Gasteiger partial charge in [0.15, 0.2) is 0 Å². The van der Waals surface area contributed by atoms with Crippen molar-refractivity contribution in [2.45, 2.75) is 65.2 Å². The Morgan fingerprint density at radius 3 is 2.28 bits per heavy atom. The van der Waals surface area contributed by atoms with Crippen LogP contribution in [0.2, 0.25) is 0 Å². The Morgan fingerprint density at radius 1 is 1.11 bits per heavy atom. The van der Waals surface area contributed by atoms with Crippen LogP contribution in [0.4, 0.5) is 0 Å². The van der Waals surface area contributed by atoms with Crippen molar-refractivity contribution in [3.8, 4) is 0 Å². The molecule has 2 atom stereocenters. The second kappa shape index (κ2) is 5.91. The summed E-state index contributed by atoms with van der Waals surface area (Å²) >= 11 is 0. The van der Waals surface area contributed by atoms with Crippen molar-refractivity contribution >= 4 is 0 Å². The van der Waals surface area contributed by atoms with Crippen LogP contribution in [0.25, 0.3) is 0 Å². The van der Waals surface area contributed by atoms with Crippen LogP contribution in [0.3, 0.4) is 0 Å². The first kappa shape index (κ1) is 13.6. The average molecular weight is 244 g/mol. The van der Waals surface area contributed by atoms with Crippen molar-refractivity contribution < 1.29 is 0 Å². The summed E-state index contributed by atoms with van der Waals surface area (Å²) in [7, 11) is 0. The Kier molecular flexibility index (Phi) is 4.48. The maximum atomic E-state index is 2.53. The lowest BCUT2D eigenvalue weighted by atomic mass is 9.61. The number of hydrogen-bond donors (Lipinski definition) is 0. The summed E-state index contributed by atoms with van der Waals surface area (Å²) in [6.07, 6.45) is 8.54. The van der Waals surface area contributed by atoms with Crippen molar-refractivity contribution in [3.05, 3.63) is 35.9 Å². The quantitative estimate of drug-likeness (QED) is 0.629. The molecule has 100 valence electrons. The fourth-order valence-electron chi connectivity index (χ4n) is 3.83. The normalized spacial score (nSPS) is 22.4. The van der Waals surface area contributed by atoms with Gasteiger partial charge in [0.1, 0.15) is 0 Å². The van der Waals surface area contributed by atoms with Crippen LogP contribution in [0, 0.1) is 11.3 Å². The number of benzene rings is 1. The van der Waals surface area contributed by atoms with Gasteiger partial charge in [0.05, 0.1) is 0 Å². The molecule has 0 bridgehead atoms. The molecule has 0 aliphatic heterocycles. The maximum absolute atomic E-state index is 2.53. The molecular formula is C18H28. The summed E-state index contributed by atoms with van der Waals surface area (Å²) in [6.45, 7) is 7.35. The molecule has 0 nitrogen and oxygen atoms in total. The van der Waals surface area contributed by atoms with Crippen molar-refractivity contribution in [1.82, 2.24) is 0 Å². The van der Waals surface area contributed by atoms with Crippen molar-refractivity contribution in [3.63, 3.8) is 0 Å². The Hall–Kier alpha value is -0.780. The topological polar surface area (TPSA) is 0 Å². The first-order valence-corrected chi connectivity index (χ1v) is 7.73. The highest BCUT2D eigenvalue weighted by Gasteiger charge is 2.38. The van der Waals surface area contributed by atoms with E-state index in [2.05, 4.69) is 51.1 Å². The van der Waals surface area contributed by atoms with Crippen molar-refractivity contribution in [2.75, 3.05) is 0 Å². The molecule has 1 aromatic carbocycles. The molecule has 0 spiro atoms. The highest BCUT2D eigenvalue weighted by Crippen LogP contribution is 2.49. The third-order valence-electron chi connectivity index (χ3n) is 5.59. The van der Waals surface area contributed by atoms with Crippen LogP contribution in [0.1, 0.15) is 70.8 Å². The zero-order valence-corrected chi connectivity index (χ0v) is 12.3. The molecule has 0 aromatic heterocycles. The van der Waals surface area contributed by atoms with Gasteiger partial charge in [-0.15, -0.1) is 0 Å². The molecule has 2 unspecified atom stereocenters. The zero-order chi connectivity index (χ0) is 13.0. The summed E-state index contributed by atoms with van der Waals surface area (Å²) in [4.78, 5) is 0. The SMILES string of the molecule is CCC(C)(C1CCCCC1)C(C)c1ccccc1. The highest BCUT2D eigenvalue weighted by atomic mass is 14.4. The molecule has 0 heterocycles. The van der Waals surface area contributed by atoms with E-state index in [4.69, 9.17) is 0 Å². The molecule has 18 heavy (non-hydrogen) atoms. The van der Waals surface area contributed by atoms with Gasteiger partial charge in [-0.05, 0) is 42.1 Å². The molecule has 2 rings (SSSR count). The molecule has 0 amide bonds. The van der Waals surface area contributed by atoms with Crippen LogP contribution in [-0.4, -0.2) is 0 Å². The fourth-order valence-corrected chi connectivity index (χ4v) is 3.83. The Morgan fingerprint density at radius 2 is 1.72 bits per heavy atom. The molecule has 1 saturated carbocycles. The maximum Gasteiger partial charge on any atom is -0.0134 e. The number of hydrogen-bond acceptors (Lipinski definition) is 0. The van der Waals surface area contributed by atoms with Gasteiger partial charge in [-0.1, -0.05) is 70.4 Å². The molecule has 0 radical (unpaired) electrons. The van der Waals surface area contributed by atoms with E-state index in [1.165, 1.54) is 44.1 Å². The molecule has 0 saturated heterocycles. The molecule has 1 fully saturated rings. The first-order chi connectivity index (χ1) is 8.68. The Bertz CT molecular complexity index is 348. The van der Waals surface area contributed by atoms with Crippen LogP contribution in [0.15, 0.2) is 30.3 Å². The Labute approximate surface area is 113 Å². The van der Waals surface area contributed by atoms with Crippen LogP contribution in [0.5, 0.6) is 0 Å². The second-order valence-corrected chi connectivity index (χ2v) is 6.33. The monoisotopic (exact) mass is 244 g/mol. The molecule has 0 N–H and O–H groups in total. The van der Waals surface area contributed by atoms with Gasteiger partial charge >= 0.3 is 0 Å². The predicted molar refractivity (Wildman–Crippen MR) is 79.8 cm³/mol.